The molecular formula is C16H22N2O4S. The van der Waals surface area contributed by atoms with Crippen LogP contribution in [-0.4, -0.2) is 55.2 Å². The summed E-state index contributed by atoms with van der Waals surface area (Å²) in [4.78, 5) is 26.6. The molecule has 1 N–H and O–H groups in total. The van der Waals surface area contributed by atoms with Crippen LogP contribution in [0.3, 0.4) is 0 Å². The molecule has 0 aliphatic carbocycles. The van der Waals surface area contributed by atoms with Gasteiger partial charge < -0.3 is 19.7 Å². The fourth-order valence-electron chi connectivity index (χ4n) is 2.32. The van der Waals surface area contributed by atoms with Crippen molar-refractivity contribution in [2.75, 3.05) is 32.4 Å². The lowest BCUT2D eigenvalue weighted by Crippen LogP contribution is -2.47. The van der Waals surface area contributed by atoms with Crippen LogP contribution in [0.15, 0.2) is 18.2 Å². The summed E-state index contributed by atoms with van der Waals surface area (Å²) >= 11 is 1.58. The second-order valence-corrected chi connectivity index (χ2v) is 6.18. The molecule has 0 aromatic heterocycles. The lowest BCUT2D eigenvalue weighted by Gasteiger charge is -2.23. The lowest BCUT2D eigenvalue weighted by molar-refractivity contribution is -0.124. The molecule has 23 heavy (non-hydrogen) atoms. The summed E-state index contributed by atoms with van der Waals surface area (Å²) < 4.78 is 10.4. The van der Waals surface area contributed by atoms with Gasteiger partial charge in [0.1, 0.15) is 17.5 Å². The molecule has 0 spiro atoms. The summed E-state index contributed by atoms with van der Waals surface area (Å²) in [6.07, 6.45) is 0.868. The number of benzene rings is 1. The first-order valence-corrected chi connectivity index (χ1v) is 8.65. The van der Waals surface area contributed by atoms with E-state index in [2.05, 4.69) is 5.32 Å². The van der Waals surface area contributed by atoms with Crippen molar-refractivity contribution in [2.45, 2.75) is 19.4 Å². The van der Waals surface area contributed by atoms with E-state index in [-0.39, 0.29) is 11.8 Å². The molecule has 6 nitrogen and oxygen atoms in total. The molecule has 1 aliphatic heterocycles. The second kappa shape index (κ2) is 8.10. The van der Waals surface area contributed by atoms with Crippen LogP contribution in [0.1, 0.15) is 23.7 Å². The first-order valence-electron chi connectivity index (χ1n) is 7.50. The van der Waals surface area contributed by atoms with Crippen LogP contribution in [0, 0.1) is 0 Å². The molecule has 2 rings (SSSR count). The van der Waals surface area contributed by atoms with E-state index in [0.29, 0.717) is 35.2 Å². The minimum absolute atomic E-state index is 0.0972. The van der Waals surface area contributed by atoms with E-state index in [0.717, 1.165) is 6.42 Å². The SMILES string of the molecule is CCCNC(=O)C1CSCN1C(=O)c1cc(OC)cc(OC)c1. The zero-order valence-electron chi connectivity index (χ0n) is 13.6. The quantitative estimate of drug-likeness (QED) is 0.856. The molecule has 1 fully saturated rings. The van der Waals surface area contributed by atoms with Gasteiger partial charge in [0, 0.05) is 23.9 Å². The zero-order chi connectivity index (χ0) is 16.8. The molecule has 0 radical (unpaired) electrons. The van der Waals surface area contributed by atoms with Crippen molar-refractivity contribution in [1.82, 2.24) is 10.2 Å². The molecule has 1 aliphatic rings. The molecule has 0 saturated carbocycles. The van der Waals surface area contributed by atoms with Gasteiger partial charge in [-0.15, -0.1) is 11.8 Å². The van der Waals surface area contributed by atoms with E-state index >= 15 is 0 Å². The number of thioether (sulfide) groups is 1. The highest BCUT2D eigenvalue weighted by Crippen LogP contribution is 2.27. The third-order valence-electron chi connectivity index (χ3n) is 3.59. The third kappa shape index (κ3) is 4.10. The molecule has 0 bridgehead atoms. The Kier molecular flexibility index (Phi) is 6.15. The molecule has 1 heterocycles. The van der Waals surface area contributed by atoms with Crippen molar-refractivity contribution in [3.63, 3.8) is 0 Å². The number of ether oxygens (including phenoxy) is 2. The number of amides is 2. The van der Waals surface area contributed by atoms with E-state index in [9.17, 15) is 9.59 Å². The number of hydrogen-bond acceptors (Lipinski definition) is 5. The third-order valence-corrected chi connectivity index (χ3v) is 4.61. The summed E-state index contributed by atoms with van der Waals surface area (Å²) in [6, 6.07) is 4.60. The highest BCUT2D eigenvalue weighted by molar-refractivity contribution is 7.99. The Morgan fingerprint density at radius 3 is 2.48 bits per heavy atom. The highest BCUT2D eigenvalue weighted by Gasteiger charge is 2.35. The monoisotopic (exact) mass is 338 g/mol. The van der Waals surface area contributed by atoms with E-state index in [4.69, 9.17) is 9.47 Å². The average Bonchev–Trinajstić information content (AvgIpc) is 3.08. The van der Waals surface area contributed by atoms with Gasteiger partial charge in [-0.3, -0.25) is 9.59 Å². The Hall–Kier alpha value is -1.89. The lowest BCUT2D eigenvalue weighted by atomic mass is 10.1. The van der Waals surface area contributed by atoms with E-state index in [1.165, 1.54) is 14.2 Å². The summed E-state index contributed by atoms with van der Waals surface area (Å²) in [5.74, 6) is 1.92. The van der Waals surface area contributed by atoms with Crippen LogP contribution in [-0.2, 0) is 4.79 Å². The number of rotatable bonds is 6. The Morgan fingerprint density at radius 2 is 1.91 bits per heavy atom. The second-order valence-electron chi connectivity index (χ2n) is 5.18. The Morgan fingerprint density at radius 1 is 1.26 bits per heavy atom. The Bertz CT molecular complexity index is 557. The minimum Gasteiger partial charge on any atom is -0.497 e. The number of methoxy groups -OCH3 is 2. The van der Waals surface area contributed by atoms with Gasteiger partial charge in [0.2, 0.25) is 5.91 Å². The smallest absolute Gasteiger partial charge is 0.255 e. The molecule has 1 aromatic rings. The van der Waals surface area contributed by atoms with Crippen molar-refractivity contribution in [3.8, 4) is 11.5 Å². The Labute approximate surface area is 140 Å². The first kappa shape index (κ1) is 17.5. The number of hydrogen-bond donors (Lipinski definition) is 1. The summed E-state index contributed by atoms with van der Waals surface area (Å²) in [6.45, 7) is 2.62. The number of nitrogens with one attached hydrogen (secondary N) is 1. The van der Waals surface area contributed by atoms with Gasteiger partial charge in [-0.25, -0.2) is 0 Å². The normalized spacial score (nSPS) is 17.0. The van der Waals surface area contributed by atoms with Crippen molar-refractivity contribution in [3.05, 3.63) is 23.8 Å². The Balaban J connectivity index is 2.20. The summed E-state index contributed by atoms with van der Waals surface area (Å²) in [7, 11) is 3.07. The fraction of sp³-hybridized carbons (Fsp3) is 0.500. The largest absolute Gasteiger partial charge is 0.497 e. The maximum Gasteiger partial charge on any atom is 0.255 e. The van der Waals surface area contributed by atoms with Crippen molar-refractivity contribution < 1.29 is 19.1 Å². The van der Waals surface area contributed by atoms with Gasteiger partial charge in [-0.1, -0.05) is 6.92 Å². The van der Waals surface area contributed by atoms with Crippen molar-refractivity contribution >= 4 is 23.6 Å². The van der Waals surface area contributed by atoms with Crippen molar-refractivity contribution in [2.24, 2.45) is 0 Å². The maximum atomic E-state index is 12.8. The maximum absolute atomic E-state index is 12.8. The molecule has 126 valence electrons. The van der Waals surface area contributed by atoms with Crippen LogP contribution < -0.4 is 14.8 Å². The summed E-state index contributed by atoms with van der Waals surface area (Å²) in [5.41, 5.74) is 0.456. The number of carbonyl (C=O) groups excluding carboxylic acids is 2. The van der Waals surface area contributed by atoms with E-state index in [1.807, 2.05) is 6.92 Å². The van der Waals surface area contributed by atoms with Crippen LogP contribution >= 0.6 is 11.8 Å². The first-order chi connectivity index (χ1) is 11.1. The van der Waals surface area contributed by atoms with Gasteiger partial charge in [-0.2, -0.15) is 0 Å². The molecule has 1 unspecified atom stereocenters. The van der Waals surface area contributed by atoms with Crippen LogP contribution in [0.4, 0.5) is 0 Å². The number of carbonyl (C=O) groups is 2. The fourth-order valence-corrected chi connectivity index (χ4v) is 3.48. The van der Waals surface area contributed by atoms with Crippen LogP contribution in [0.5, 0.6) is 11.5 Å². The van der Waals surface area contributed by atoms with Crippen LogP contribution in [0.25, 0.3) is 0 Å². The van der Waals surface area contributed by atoms with Gasteiger partial charge in [0.25, 0.3) is 5.91 Å². The molecular weight excluding hydrogens is 316 g/mol. The van der Waals surface area contributed by atoms with Crippen LogP contribution in [0.2, 0.25) is 0 Å². The molecule has 2 amide bonds. The van der Waals surface area contributed by atoms with Gasteiger partial charge >= 0.3 is 0 Å². The van der Waals surface area contributed by atoms with E-state index in [1.54, 1.807) is 34.9 Å². The summed E-state index contributed by atoms with van der Waals surface area (Å²) in [5, 5.41) is 2.86. The van der Waals surface area contributed by atoms with Gasteiger partial charge in [0.15, 0.2) is 0 Å². The molecule has 1 atom stereocenters. The van der Waals surface area contributed by atoms with Crippen molar-refractivity contribution in [1.29, 1.82) is 0 Å². The van der Waals surface area contributed by atoms with E-state index < -0.39 is 6.04 Å². The highest BCUT2D eigenvalue weighted by atomic mass is 32.2. The predicted molar refractivity (Wildman–Crippen MR) is 90.1 cm³/mol. The topological polar surface area (TPSA) is 67.9 Å². The molecule has 1 aromatic carbocycles. The average molecular weight is 338 g/mol. The minimum atomic E-state index is -0.434. The van der Waals surface area contributed by atoms with Gasteiger partial charge in [-0.05, 0) is 18.6 Å². The zero-order valence-corrected chi connectivity index (χ0v) is 14.4. The van der Waals surface area contributed by atoms with Gasteiger partial charge in [0.05, 0.1) is 20.1 Å². The molecule has 7 heteroatoms. The standard InChI is InChI=1S/C16H22N2O4S/c1-4-5-17-15(19)14-9-23-10-18(14)16(20)11-6-12(21-2)8-13(7-11)22-3/h6-8,14H,4-5,9-10H2,1-3H3,(H,17,19). The molecule has 1 saturated heterocycles. The predicted octanol–water partition coefficient (Wildman–Crippen LogP) is 1.75. The number of nitrogens with zero attached hydrogens (tertiary/aromatic N) is 1.